The summed E-state index contributed by atoms with van der Waals surface area (Å²) in [4.78, 5) is -0.0978. The zero-order valence-corrected chi connectivity index (χ0v) is 10.6. The van der Waals surface area contributed by atoms with Crippen molar-refractivity contribution in [2.45, 2.75) is 4.90 Å². The van der Waals surface area contributed by atoms with Gasteiger partial charge >= 0.3 is 0 Å². The quantitative estimate of drug-likeness (QED) is 0.796. The molecule has 16 heavy (non-hydrogen) atoms. The smallest absolute Gasteiger partial charge is 0.207 e. The first-order valence-corrected chi connectivity index (χ1v) is 6.37. The van der Waals surface area contributed by atoms with Gasteiger partial charge in [0.15, 0.2) is 0 Å². The van der Waals surface area contributed by atoms with Crippen LogP contribution in [0, 0.1) is 11.3 Å². The molecule has 0 aliphatic carbocycles. The minimum Gasteiger partial charge on any atom is -0.207 e. The lowest BCUT2D eigenvalue weighted by molar-refractivity contribution is 0.502. The Balaban J connectivity index is 3.28. The number of benzene rings is 1. The van der Waals surface area contributed by atoms with Gasteiger partial charge in [0.25, 0.3) is 0 Å². The molecule has 0 heterocycles. The first kappa shape index (κ1) is 13.3. The van der Waals surface area contributed by atoms with Gasteiger partial charge in [-0.05, 0) is 18.2 Å². The molecule has 0 saturated heterocycles. The van der Waals surface area contributed by atoms with Crippen LogP contribution < -0.4 is 0 Å². The first-order valence-electron chi connectivity index (χ1n) is 4.18. The highest BCUT2D eigenvalue weighted by Gasteiger charge is 2.23. The monoisotopic (exact) mass is 278 g/mol. The second-order valence-electron chi connectivity index (χ2n) is 2.99. The van der Waals surface area contributed by atoms with E-state index < -0.39 is 10.0 Å². The summed E-state index contributed by atoms with van der Waals surface area (Å²) < 4.78 is 24.8. The summed E-state index contributed by atoms with van der Waals surface area (Å²) in [5.41, 5.74) is 0. The minimum absolute atomic E-state index is 0.0780. The molecule has 1 rings (SSSR count). The Hall–Kier alpha value is -0.800. The fourth-order valence-corrected chi connectivity index (χ4v) is 2.83. The normalized spacial score (nSPS) is 11.4. The molecule has 7 heteroatoms. The summed E-state index contributed by atoms with van der Waals surface area (Å²) in [6, 6.07) is 5.90. The second-order valence-corrected chi connectivity index (χ2v) is 5.85. The van der Waals surface area contributed by atoms with E-state index in [1.165, 1.54) is 25.2 Å². The van der Waals surface area contributed by atoms with E-state index in [-0.39, 0.29) is 21.5 Å². The van der Waals surface area contributed by atoms with Gasteiger partial charge < -0.3 is 0 Å². The largest absolute Gasteiger partial charge is 0.245 e. The number of halogens is 2. The molecule has 0 amide bonds. The number of nitrogens with zero attached hydrogens (tertiary/aromatic N) is 2. The third-order valence-corrected chi connectivity index (χ3v) is 4.39. The molecule has 0 aromatic heterocycles. The van der Waals surface area contributed by atoms with Crippen LogP contribution in [0.5, 0.6) is 0 Å². The van der Waals surface area contributed by atoms with Gasteiger partial charge in [0.2, 0.25) is 10.0 Å². The number of hydrogen-bond acceptors (Lipinski definition) is 3. The molecule has 0 aliphatic rings. The van der Waals surface area contributed by atoms with E-state index in [1.54, 1.807) is 6.07 Å². The number of hydrogen-bond donors (Lipinski definition) is 0. The van der Waals surface area contributed by atoms with Crippen molar-refractivity contribution in [1.29, 1.82) is 5.26 Å². The Kier molecular flexibility index (Phi) is 4.16. The van der Waals surface area contributed by atoms with E-state index in [4.69, 9.17) is 28.5 Å². The summed E-state index contributed by atoms with van der Waals surface area (Å²) in [6.07, 6.45) is 0. The highest BCUT2D eigenvalue weighted by molar-refractivity contribution is 7.89. The lowest BCUT2D eigenvalue weighted by Crippen LogP contribution is -2.27. The van der Waals surface area contributed by atoms with E-state index in [9.17, 15) is 8.42 Å². The molecule has 0 saturated carbocycles. The van der Waals surface area contributed by atoms with Crippen LogP contribution in [0.1, 0.15) is 0 Å². The van der Waals surface area contributed by atoms with Crippen molar-refractivity contribution < 1.29 is 8.42 Å². The van der Waals surface area contributed by atoms with Crippen LogP contribution in [0.25, 0.3) is 0 Å². The van der Waals surface area contributed by atoms with Gasteiger partial charge in [-0.1, -0.05) is 23.2 Å². The van der Waals surface area contributed by atoms with Crippen LogP contribution in [0.3, 0.4) is 0 Å². The van der Waals surface area contributed by atoms with Crippen LogP contribution in [-0.2, 0) is 10.0 Å². The highest BCUT2D eigenvalue weighted by Crippen LogP contribution is 2.26. The van der Waals surface area contributed by atoms with Crippen LogP contribution in [0.2, 0.25) is 10.0 Å². The van der Waals surface area contributed by atoms with Crippen LogP contribution in [0.15, 0.2) is 23.1 Å². The summed E-state index contributed by atoms with van der Waals surface area (Å²) in [5.74, 6) is 0. The predicted molar refractivity (Wildman–Crippen MR) is 61.9 cm³/mol. The Morgan fingerprint density at radius 2 is 2.06 bits per heavy atom. The SMILES string of the molecule is CN(CC#N)S(=O)(=O)c1cc(Cl)ccc1Cl. The second kappa shape index (κ2) is 5.02. The minimum atomic E-state index is -3.76. The molecule has 0 atom stereocenters. The summed E-state index contributed by atoms with van der Waals surface area (Å²) in [7, 11) is -2.46. The van der Waals surface area contributed by atoms with Crippen molar-refractivity contribution in [2.24, 2.45) is 0 Å². The maximum atomic E-state index is 11.9. The Labute approximate surface area is 104 Å². The molecule has 0 aliphatic heterocycles. The van der Waals surface area contributed by atoms with Crippen molar-refractivity contribution in [3.8, 4) is 6.07 Å². The van der Waals surface area contributed by atoms with Gasteiger partial charge in [-0.25, -0.2) is 8.42 Å². The molecular weight excluding hydrogens is 271 g/mol. The Morgan fingerprint density at radius 1 is 1.44 bits per heavy atom. The van der Waals surface area contributed by atoms with Gasteiger partial charge in [0, 0.05) is 12.1 Å². The molecule has 0 radical (unpaired) electrons. The molecule has 4 nitrogen and oxygen atoms in total. The van der Waals surface area contributed by atoms with Crippen LogP contribution in [-0.4, -0.2) is 26.3 Å². The lowest BCUT2D eigenvalue weighted by Gasteiger charge is -2.14. The van der Waals surface area contributed by atoms with Gasteiger partial charge in [0.05, 0.1) is 11.1 Å². The molecule has 0 fully saturated rings. The van der Waals surface area contributed by atoms with Crippen molar-refractivity contribution in [1.82, 2.24) is 4.31 Å². The molecule has 0 bridgehead atoms. The third-order valence-electron chi connectivity index (χ3n) is 1.87. The third kappa shape index (κ3) is 2.66. The van der Waals surface area contributed by atoms with Crippen molar-refractivity contribution in [2.75, 3.05) is 13.6 Å². The van der Waals surface area contributed by atoms with Crippen molar-refractivity contribution in [3.05, 3.63) is 28.2 Å². The standard InChI is InChI=1S/C9H8Cl2N2O2S/c1-13(5-4-12)16(14,15)9-6-7(10)2-3-8(9)11/h2-3,6H,5H2,1H3. The van der Waals surface area contributed by atoms with E-state index in [0.29, 0.717) is 0 Å². The lowest BCUT2D eigenvalue weighted by atomic mass is 10.4. The molecule has 86 valence electrons. The van der Waals surface area contributed by atoms with Gasteiger partial charge in [-0.2, -0.15) is 9.57 Å². The van der Waals surface area contributed by atoms with Gasteiger partial charge in [-0.15, -0.1) is 0 Å². The zero-order chi connectivity index (χ0) is 12.3. The van der Waals surface area contributed by atoms with Crippen LogP contribution in [0.4, 0.5) is 0 Å². The van der Waals surface area contributed by atoms with E-state index in [1.807, 2.05) is 0 Å². The van der Waals surface area contributed by atoms with Gasteiger partial charge in [0.1, 0.15) is 11.4 Å². The zero-order valence-electron chi connectivity index (χ0n) is 8.31. The topological polar surface area (TPSA) is 61.2 Å². The predicted octanol–water partition coefficient (Wildman–Crippen LogP) is 2.14. The number of rotatable bonds is 3. The highest BCUT2D eigenvalue weighted by atomic mass is 35.5. The van der Waals surface area contributed by atoms with Crippen LogP contribution >= 0.6 is 23.2 Å². The molecule has 0 N–H and O–H groups in total. The molecule has 1 aromatic carbocycles. The number of sulfonamides is 1. The molecular formula is C9H8Cl2N2O2S. The summed E-state index contributed by atoms with van der Waals surface area (Å²) in [6.45, 7) is -0.245. The fraction of sp³-hybridized carbons (Fsp3) is 0.222. The fourth-order valence-electron chi connectivity index (χ4n) is 1.03. The van der Waals surface area contributed by atoms with Gasteiger partial charge in [-0.3, -0.25) is 0 Å². The van der Waals surface area contributed by atoms with E-state index in [2.05, 4.69) is 0 Å². The van der Waals surface area contributed by atoms with E-state index >= 15 is 0 Å². The maximum Gasteiger partial charge on any atom is 0.245 e. The Bertz CT molecular complexity index is 537. The molecule has 0 spiro atoms. The van der Waals surface area contributed by atoms with E-state index in [0.717, 1.165) is 4.31 Å². The average Bonchev–Trinajstić information content (AvgIpc) is 2.22. The average molecular weight is 279 g/mol. The summed E-state index contributed by atoms with van der Waals surface area (Å²) >= 11 is 11.5. The first-order chi connectivity index (χ1) is 7.39. The molecule has 0 unspecified atom stereocenters. The maximum absolute atomic E-state index is 11.9. The van der Waals surface area contributed by atoms with Crippen molar-refractivity contribution >= 4 is 33.2 Å². The molecule has 1 aromatic rings. The summed E-state index contributed by atoms with van der Waals surface area (Å²) in [5, 5.41) is 8.81. The Morgan fingerprint density at radius 3 is 2.62 bits per heavy atom. The van der Waals surface area contributed by atoms with Crippen molar-refractivity contribution in [3.63, 3.8) is 0 Å². The number of nitriles is 1.